The van der Waals surface area contributed by atoms with Crippen LogP contribution in [0.15, 0.2) is 41.3 Å². The number of nitrogens with two attached hydrogens (primary N) is 1. The quantitative estimate of drug-likeness (QED) is 0.492. The first-order chi connectivity index (χ1) is 9.47. The highest BCUT2D eigenvalue weighted by molar-refractivity contribution is 7.99. The first-order valence-corrected chi connectivity index (χ1v) is 6.40. The van der Waals surface area contributed by atoms with Crippen molar-refractivity contribution in [3.05, 3.63) is 48.0 Å². The van der Waals surface area contributed by atoms with Gasteiger partial charge < -0.3 is 11.1 Å². The monoisotopic (exact) mass is 302 g/mol. The van der Waals surface area contributed by atoms with Gasteiger partial charge in [0.2, 0.25) is 0 Å². The van der Waals surface area contributed by atoms with Crippen molar-refractivity contribution in [1.29, 1.82) is 0 Å². The Labute approximate surface area is 117 Å². The van der Waals surface area contributed by atoms with Gasteiger partial charge in [0, 0.05) is 11.0 Å². The number of alkyl halides is 2. The lowest BCUT2D eigenvalue weighted by Crippen LogP contribution is -2.01. The zero-order valence-electron chi connectivity index (χ0n) is 10.0. The molecule has 0 amide bonds. The molecule has 7 heteroatoms. The second-order valence-corrected chi connectivity index (χ2v) is 4.88. The van der Waals surface area contributed by atoms with E-state index in [-0.39, 0.29) is 16.3 Å². The summed E-state index contributed by atoms with van der Waals surface area (Å²) in [7, 11) is 0. The maximum absolute atomic E-state index is 13.3. The molecule has 0 unspecified atom stereocenters. The van der Waals surface area contributed by atoms with Crippen LogP contribution in [0.1, 0.15) is 0 Å². The molecule has 20 heavy (non-hydrogen) atoms. The summed E-state index contributed by atoms with van der Waals surface area (Å²) in [6.45, 7) is 0. The number of nitrogens with one attached hydrogen (secondary N) is 1. The van der Waals surface area contributed by atoms with Crippen LogP contribution in [0.5, 0.6) is 0 Å². The van der Waals surface area contributed by atoms with Crippen LogP contribution in [0, 0.1) is 11.6 Å². The SMILES string of the molecule is Nc1c(F)cc(F)cc1Nc1ccccc1SC(F)F. The number of hydrogen-bond donors (Lipinski definition) is 2. The van der Waals surface area contributed by atoms with E-state index in [2.05, 4.69) is 5.32 Å². The molecule has 2 aromatic carbocycles. The lowest BCUT2D eigenvalue weighted by Gasteiger charge is -2.13. The predicted molar refractivity (Wildman–Crippen MR) is 72.4 cm³/mol. The van der Waals surface area contributed by atoms with Crippen LogP contribution in [-0.4, -0.2) is 5.76 Å². The highest BCUT2D eigenvalue weighted by Crippen LogP contribution is 2.35. The van der Waals surface area contributed by atoms with Crippen molar-refractivity contribution in [2.24, 2.45) is 0 Å². The van der Waals surface area contributed by atoms with Crippen LogP contribution in [0.4, 0.5) is 34.6 Å². The van der Waals surface area contributed by atoms with Crippen LogP contribution in [0.3, 0.4) is 0 Å². The van der Waals surface area contributed by atoms with Crippen molar-refractivity contribution in [3.63, 3.8) is 0 Å². The molecule has 0 atom stereocenters. The summed E-state index contributed by atoms with van der Waals surface area (Å²) >= 11 is 0.334. The summed E-state index contributed by atoms with van der Waals surface area (Å²) in [6, 6.07) is 7.86. The highest BCUT2D eigenvalue weighted by Gasteiger charge is 2.13. The average molecular weight is 302 g/mol. The highest BCUT2D eigenvalue weighted by atomic mass is 32.2. The van der Waals surface area contributed by atoms with Gasteiger partial charge in [-0.2, -0.15) is 8.78 Å². The maximum Gasteiger partial charge on any atom is 0.288 e. The van der Waals surface area contributed by atoms with Gasteiger partial charge in [0.05, 0.1) is 17.1 Å². The number of thioether (sulfide) groups is 1. The Kier molecular flexibility index (Phi) is 4.39. The summed E-state index contributed by atoms with van der Waals surface area (Å²) in [4.78, 5) is 0.256. The Morgan fingerprint density at radius 3 is 2.45 bits per heavy atom. The lowest BCUT2D eigenvalue weighted by molar-refractivity contribution is 0.252. The Bertz CT molecular complexity index is 619. The molecule has 0 aromatic heterocycles. The third kappa shape index (κ3) is 3.36. The van der Waals surface area contributed by atoms with Crippen molar-refractivity contribution < 1.29 is 17.6 Å². The Morgan fingerprint density at radius 1 is 1.05 bits per heavy atom. The number of para-hydroxylation sites is 1. The molecule has 3 N–H and O–H groups in total. The van der Waals surface area contributed by atoms with Crippen molar-refractivity contribution in [2.75, 3.05) is 11.1 Å². The maximum atomic E-state index is 13.3. The van der Waals surface area contributed by atoms with E-state index in [0.29, 0.717) is 23.5 Å². The van der Waals surface area contributed by atoms with Gasteiger partial charge in [-0.05, 0) is 18.2 Å². The summed E-state index contributed by atoms with van der Waals surface area (Å²) in [6.07, 6.45) is 0. The van der Waals surface area contributed by atoms with E-state index in [1.165, 1.54) is 12.1 Å². The number of anilines is 3. The van der Waals surface area contributed by atoms with Gasteiger partial charge in [-0.3, -0.25) is 0 Å². The largest absolute Gasteiger partial charge is 0.395 e. The van der Waals surface area contributed by atoms with Crippen molar-refractivity contribution in [2.45, 2.75) is 10.7 Å². The van der Waals surface area contributed by atoms with E-state index in [9.17, 15) is 17.6 Å². The third-order valence-electron chi connectivity index (χ3n) is 2.47. The number of halogens is 4. The summed E-state index contributed by atoms with van der Waals surface area (Å²) in [5.41, 5.74) is 5.51. The molecule has 0 fully saturated rings. The standard InChI is InChI=1S/C13H10F4N2S/c14-7-5-8(15)12(18)10(6-7)19-9-3-1-2-4-11(9)20-13(16)17/h1-6,13,19H,18H2. The number of nitrogen functional groups attached to an aromatic ring is 1. The molecular weight excluding hydrogens is 292 g/mol. The molecular formula is C13H10F4N2S. The molecule has 0 radical (unpaired) electrons. The molecule has 0 heterocycles. The van der Waals surface area contributed by atoms with Crippen LogP contribution in [-0.2, 0) is 0 Å². The van der Waals surface area contributed by atoms with Crippen molar-refractivity contribution >= 4 is 28.8 Å². The van der Waals surface area contributed by atoms with Crippen LogP contribution < -0.4 is 11.1 Å². The third-order valence-corrected chi connectivity index (χ3v) is 3.25. The number of benzene rings is 2. The zero-order valence-corrected chi connectivity index (χ0v) is 10.9. The molecule has 0 aliphatic heterocycles. The first-order valence-electron chi connectivity index (χ1n) is 5.52. The summed E-state index contributed by atoms with van der Waals surface area (Å²) < 4.78 is 51.4. The molecule has 0 aliphatic rings. The van der Waals surface area contributed by atoms with E-state index >= 15 is 0 Å². The van der Waals surface area contributed by atoms with Crippen LogP contribution >= 0.6 is 11.8 Å². The number of rotatable bonds is 4. The molecule has 0 bridgehead atoms. The van der Waals surface area contributed by atoms with Crippen molar-refractivity contribution in [3.8, 4) is 0 Å². The second-order valence-electron chi connectivity index (χ2n) is 3.85. The number of hydrogen-bond acceptors (Lipinski definition) is 3. The van der Waals surface area contributed by atoms with Gasteiger partial charge in [0.25, 0.3) is 5.76 Å². The Morgan fingerprint density at radius 2 is 1.75 bits per heavy atom. The molecule has 2 rings (SSSR count). The van der Waals surface area contributed by atoms with Gasteiger partial charge in [-0.15, -0.1) is 0 Å². The van der Waals surface area contributed by atoms with Gasteiger partial charge in [-0.25, -0.2) is 8.78 Å². The van der Waals surface area contributed by atoms with Gasteiger partial charge >= 0.3 is 0 Å². The van der Waals surface area contributed by atoms with E-state index in [1.807, 2.05) is 0 Å². The first kappa shape index (κ1) is 14.5. The van der Waals surface area contributed by atoms with Crippen LogP contribution in [0.2, 0.25) is 0 Å². The molecule has 0 saturated carbocycles. The minimum absolute atomic E-state index is 0.00943. The minimum atomic E-state index is -2.60. The van der Waals surface area contributed by atoms with E-state index < -0.39 is 17.4 Å². The normalized spacial score (nSPS) is 10.8. The van der Waals surface area contributed by atoms with E-state index in [4.69, 9.17) is 5.73 Å². The molecule has 0 aliphatic carbocycles. The summed E-state index contributed by atoms with van der Waals surface area (Å²) in [5, 5.41) is 2.67. The van der Waals surface area contributed by atoms with E-state index in [0.717, 1.165) is 6.07 Å². The predicted octanol–water partition coefficient (Wildman–Crippen LogP) is 4.61. The minimum Gasteiger partial charge on any atom is -0.395 e. The molecule has 2 nitrogen and oxygen atoms in total. The van der Waals surface area contributed by atoms with Crippen LogP contribution in [0.25, 0.3) is 0 Å². The average Bonchev–Trinajstić information content (AvgIpc) is 2.37. The second kappa shape index (κ2) is 6.04. The zero-order chi connectivity index (χ0) is 14.7. The molecule has 106 valence electrons. The van der Waals surface area contributed by atoms with E-state index in [1.54, 1.807) is 12.1 Å². The fourth-order valence-electron chi connectivity index (χ4n) is 1.60. The fourth-order valence-corrected chi connectivity index (χ4v) is 2.20. The summed E-state index contributed by atoms with van der Waals surface area (Å²) in [5.74, 6) is -4.32. The Hall–Kier alpha value is -1.89. The fraction of sp³-hybridized carbons (Fsp3) is 0.0769. The Balaban J connectivity index is 2.35. The lowest BCUT2D eigenvalue weighted by atomic mass is 10.2. The van der Waals surface area contributed by atoms with Gasteiger partial charge in [0.1, 0.15) is 5.82 Å². The van der Waals surface area contributed by atoms with Gasteiger partial charge in [0.15, 0.2) is 5.82 Å². The van der Waals surface area contributed by atoms with Crippen molar-refractivity contribution in [1.82, 2.24) is 0 Å². The molecule has 0 saturated heterocycles. The topological polar surface area (TPSA) is 38.0 Å². The smallest absolute Gasteiger partial charge is 0.288 e. The van der Waals surface area contributed by atoms with Gasteiger partial charge in [-0.1, -0.05) is 23.9 Å². The molecule has 0 spiro atoms. The molecule has 2 aromatic rings.